The van der Waals surface area contributed by atoms with Crippen LogP contribution in [0.4, 0.5) is 8.78 Å². The first-order valence-corrected chi connectivity index (χ1v) is 5.73. The quantitative estimate of drug-likeness (QED) is 0.743. The van der Waals surface area contributed by atoms with Crippen LogP contribution in [0.25, 0.3) is 0 Å². The molecule has 0 saturated carbocycles. The van der Waals surface area contributed by atoms with Gasteiger partial charge in [0.15, 0.2) is 0 Å². The van der Waals surface area contributed by atoms with Crippen molar-refractivity contribution in [3.63, 3.8) is 0 Å². The first-order chi connectivity index (χ1) is 8.13. The van der Waals surface area contributed by atoms with Crippen molar-refractivity contribution < 1.29 is 13.5 Å². The number of benzene rings is 1. The normalized spacial score (nSPS) is 13.0. The summed E-state index contributed by atoms with van der Waals surface area (Å²) in [5.74, 6) is 0. The maximum atomic E-state index is 11.9. The molecule has 0 aromatic heterocycles. The van der Waals surface area contributed by atoms with Crippen molar-refractivity contribution in [1.82, 2.24) is 5.32 Å². The molecule has 0 fully saturated rings. The molecular weight excluding hydrogens is 224 g/mol. The van der Waals surface area contributed by atoms with Crippen LogP contribution in [0.5, 0.6) is 0 Å². The van der Waals surface area contributed by atoms with Gasteiger partial charge in [-0.25, -0.2) is 8.78 Å². The Hall–Kier alpha value is -1.00. The summed E-state index contributed by atoms with van der Waals surface area (Å²) in [5.41, 5.74) is 2.35. The summed E-state index contributed by atoms with van der Waals surface area (Å²) < 4.78 is 28.6. The Balaban J connectivity index is 2.43. The van der Waals surface area contributed by atoms with Crippen LogP contribution in [-0.4, -0.2) is 26.7 Å². The lowest BCUT2D eigenvalue weighted by Gasteiger charge is -2.17. The fraction of sp³-hybridized carbons (Fsp3) is 0.538. The van der Waals surface area contributed by atoms with E-state index in [1.807, 2.05) is 32.2 Å². The molecule has 1 atom stereocenters. The zero-order valence-corrected chi connectivity index (χ0v) is 10.2. The van der Waals surface area contributed by atoms with Gasteiger partial charge in [-0.2, -0.15) is 0 Å². The Morgan fingerprint density at radius 3 is 2.71 bits per heavy atom. The van der Waals surface area contributed by atoms with Crippen LogP contribution in [0.2, 0.25) is 0 Å². The van der Waals surface area contributed by atoms with Crippen LogP contribution in [-0.2, 0) is 4.74 Å². The third-order valence-corrected chi connectivity index (χ3v) is 2.59. The maximum Gasteiger partial charge on any atom is 0.261 e. The molecule has 0 radical (unpaired) electrons. The van der Waals surface area contributed by atoms with E-state index in [4.69, 9.17) is 4.74 Å². The highest BCUT2D eigenvalue weighted by Gasteiger charge is 2.09. The van der Waals surface area contributed by atoms with Crippen LogP contribution in [0, 0.1) is 6.92 Å². The molecule has 1 N–H and O–H groups in total. The van der Waals surface area contributed by atoms with Gasteiger partial charge in [-0.15, -0.1) is 0 Å². The molecule has 0 aliphatic heterocycles. The number of alkyl halides is 2. The average molecular weight is 243 g/mol. The number of hydrogen-bond acceptors (Lipinski definition) is 2. The number of halogens is 2. The van der Waals surface area contributed by atoms with Crippen molar-refractivity contribution in [2.24, 2.45) is 0 Å². The summed E-state index contributed by atoms with van der Waals surface area (Å²) in [6.45, 7) is 1.89. The topological polar surface area (TPSA) is 21.3 Å². The van der Waals surface area contributed by atoms with Crippen LogP contribution in [0.1, 0.15) is 23.6 Å². The van der Waals surface area contributed by atoms with Crippen molar-refractivity contribution in [2.45, 2.75) is 25.8 Å². The highest BCUT2D eigenvalue weighted by molar-refractivity contribution is 5.24. The molecule has 1 rings (SSSR count). The van der Waals surface area contributed by atoms with E-state index >= 15 is 0 Å². The van der Waals surface area contributed by atoms with Gasteiger partial charge in [0, 0.05) is 12.6 Å². The summed E-state index contributed by atoms with van der Waals surface area (Å²) >= 11 is 0. The van der Waals surface area contributed by atoms with Gasteiger partial charge in [0.25, 0.3) is 6.43 Å². The second-order valence-electron chi connectivity index (χ2n) is 4.01. The van der Waals surface area contributed by atoms with Crippen molar-refractivity contribution in [3.8, 4) is 0 Å². The molecule has 0 heterocycles. The number of nitrogens with one attached hydrogen (secondary N) is 1. The van der Waals surface area contributed by atoms with Gasteiger partial charge in [-0.05, 0) is 26.0 Å². The summed E-state index contributed by atoms with van der Waals surface area (Å²) in [7, 11) is 1.86. The Labute approximate surface area is 101 Å². The molecule has 4 heteroatoms. The predicted octanol–water partition coefficient (Wildman–Crippen LogP) is 2.93. The van der Waals surface area contributed by atoms with Crippen molar-refractivity contribution >= 4 is 0 Å². The van der Waals surface area contributed by atoms with Crippen LogP contribution in [0.3, 0.4) is 0 Å². The van der Waals surface area contributed by atoms with Crippen LogP contribution >= 0.6 is 0 Å². The molecule has 0 amide bonds. The number of ether oxygens (including phenoxy) is 1. The summed E-state index contributed by atoms with van der Waals surface area (Å²) in [6.07, 6.45) is -1.70. The minimum atomic E-state index is -2.39. The highest BCUT2D eigenvalue weighted by atomic mass is 19.3. The van der Waals surface area contributed by atoms with E-state index in [-0.39, 0.29) is 6.04 Å². The molecule has 17 heavy (non-hydrogen) atoms. The van der Waals surface area contributed by atoms with Gasteiger partial charge in [0.05, 0.1) is 0 Å². The smallest absolute Gasteiger partial charge is 0.261 e. The average Bonchev–Trinajstić information content (AvgIpc) is 2.29. The largest absolute Gasteiger partial charge is 0.375 e. The van der Waals surface area contributed by atoms with E-state index in [1.54, 1.807) is 0 Å². The lowest BCUT2D eigenvalue weighted by atomic mass is 10.0. The third-order valence-electron chi connectivity index (χ3n) is 2.59. The van der Waals surface area contributed by atoms with Crippen molar-refractivity contribution in [2.75, 3.05) is 20.3 Å². The Morgan fingerprint density at radius 1 is 1.35 bits per heavy atom. The zero-order valence-electron chi connectivity index (χ0n) is 10.2. The Morgan fingerprint density at radius 2 is 2.12 bits per heavy atom. The summed E-state index contributed by atoms with van der Waals surface area (Å²) in [5, 5.41) is 3.17. The van der Waals surface area contributed by atoms with E-state index in [0.29, 0.717) is 13.0 Å². The minimum absolute atomic E-state index is 0.146. The third kappa shape index (κ3) is 5.24. The standard InChI is InChI=1S/C13H19F2NO/c1-10-4-3-5-11(8-10)12(16-2)6-7-17-9-13(14)15/h3-5,8,12-13,16H,6-7,9H2,1-2H3. The fourth-order valence-corrected chi connectivity index (χ4v) is 1.74. The Kier molecular flexibility index (Phi) is 6.08. The number of aryl methyl sites for hydroxylation is 1. The number of hydrogen-bond donors (Lipinski definition) is 1. The van der Waals surface area contributed by atoms with E-state index in [1.165, 1.54) is 5.56 Å². The maximum absolute atomic E-state index is 11.9. The first kappa shape index (κ1) is 14.1. The van der Waals surface area contributed by atoms with Crippen molar-refractivity contribution in [3.05, 3.63) is 35.4 Å². The molecule has 0 spiro atoms. The van der Waals surface area contributed by atoms with E-state index in [9.17, 15) is 8.78 Å². The molecule has 1 aromatic rings. The molecule has 96 valence electrons. The van der Waals surface area contributed by atoms with Crippen molar-refractivity contribution in [1.29, 1.82) is 0 Å². The molecule has 1 aromatic carbocycles. The van der Waals surface area contributed by atoms with E-state index in [0.717, 1.165) is 5.56 Å². The molecule has 0 bridgehead atoms. The fourth-order valence-electron chi connectivity index (χ4n) is 1.74. The van der Waals surface area contributed by atoms with Crippen LogP contribution in [0.15, 0.2) is 24.3 Å². The van der Waals surface area contributed by atoms with Gasteiger partial charge in [-0.1, -0.05) is 29.8 Å². The monoisotopic (exact) mass is 243 g/mol. The summed E-state index contributed by atoms with van der Waals surface area (Å²) in [4.78, 5) is 0. The molecular formula is C13H19F2NO. The van der Waals surface area contributed by atoms with Gasteiger partial charge < -0.3 is 10.1 Å². The predicted molar refractivity (Wildman–Crippen MR) is 64.4 cm³/mol. The molecule has 0 aliphatic rings. The number of rotatable bonds is 7. The van der Waals surface area contributed by atoms with Crippen LogP contribution < -0.4 is 5.32 Å². The van der Waals surface area contributed by atoms with Gasteiger partial charge in [-0.3, -0.25) is 0 Å². The summed E-state index contributed by atoms with van der Waals surface area (Å²) in [6, 6.07) is 8.29. The molecule has 0 saturated heterocycles. The Bertz CT molecular complexity index is 331. The highest BCUT2D eigenvalue weighted by Crippen LogP contribution is 2.17. The van der Waals surface area contributed by atoms with Gasteiger partial charge in [0.1, 0.15) is 6.61 Å². The second-order valence-corrected chi connectivity index (χ2v) is 4.01. The van der Waals surface area contributed by atoms with E-state index in [2.05, 4.69) is 11.4 Å². The SMILES string of the molecule is CNC(CCOCC(F)F)c1cccc(C)c1. The lowest BCUT2D eigenvalue weighted by molar-refractivity contribution is 0.0145. The van der Waals surface area contributed by atoms with E-state index < -0.39 is 13.0 Å². The minimum Gasteiger partial charge on any atom is -0.375 e. The molecule has 2 nitrogen and oxygen atoms in total. The van der Waals surface area contributed by atoms with Gasteiger partial charge >= 0.3 is 0 Å². The lowest BCUT2D eigenvalue weighted by Crippen LogP contribution is -2.19. The first-order valence-electron chi connectivity index (χ1n) is 5.73. The second kappa shape index (κ2) is 7.35. The zero-order chi connectivity index (χ0) is 12.7. The van der Waals surface area contributed by atoms with Gasteiger partial charge in [0.2, 0.25) is 0 Å². The molecule has 1 unspecified atom stereocenters. The molecule has 0 aliphatic carbocycles.